The van der Waals surface area contributed by atoms with Crippen LogP contribution < -0.4 is 5.32 Å². The summed E-state index contributed by atoms with van der Waals surface area (Å²) in [5.74, 6) is -0.195. The fourth-order valence-corrected chi connectivity index (χ4v) is 5.70. The van der Waals surface area contributed by atoms with E-state index in [-0.39, 0.29) is 17.9 Å². The maximum atomic E-state index is 13.9. The maximum absolute atomic E-state index is 13.9. The van der Waals surface area contributed by atoms with Gasteiger partial charge in [0.05, 0.1) is 25.5 Å². The van der Waals surface area contributed by atoms with E-state index in [2.05, 4.69) is 41.4 Å². The predicted octanol–water partition coefficient (Wildman–Crippen LogP) is 3.11. The van der Waals surface area contributed by atoms with Crippen LogP contribution in [0.25, 0.3) is 11.3 Å². The molecule has 0 spiro atoms. The lowest BCUT2D eigenvalue weighted by atomic mass is 9.91. The van der Waals surface area contributed by atoms with Crippen molar-refractivity contribution in [2.24, 2.45) is 0 Å². The van der Waals surface area contributed by atoms with Crippen molar-refractivity contribution in [2.45, 2.75) is 70.5 Å². The number of ether oxygens (including phenoxy) is 1. The smallest absolute Gasteiger partial charge is 0.273 e. The summed E-state index contributed by atoms with van der Waals surface area (Å²) >= 11 is 0. The number of carbonyl (C=O) groups excluding carboxylic acids is 2. The second-order valence-electron chi connectivity index (χ2n) is 10.6. The third-order valence-corrected chi connectivity index (χ3v) is 8.13. The zero-order valence-corrected chi connectivity index (χ0v) is 21.7. The summed E-state index contributed by atoms with van der Waals surface area (Å²) in [6.07, 6.45) is 6.51. The molecule has 1 N–H and O–H groups in total. The highest BCUT2D eigenvalue weighted by molar-refractivity contribution is 6.00. The van der Waals surface area contributed by atoms with Gasteiger partial charge in [-0.25, -0.2) is 0 Å². The van der Waals surface area contributed by atoms with Gasteiger partial charge in [0.2, 0.25) is 5.91 Å². The summed E-state index contributed by atoms with van der Waals surface area (Å²) in [6.45, 7) is 8.73. The Hall–Kier alpha value is -2.71. The molecule has 1 saturated heterocycles. The van der Waals surface area contributed by atoms with Crippen molar-refractivity contribution in [1.82, 2.24) is 24.9 Å². The van der Waals surface area contributed by atoms with Gasteiger partial charge in [-0.15, -0.1) is 0 Å². The minimum Gasteiger partial charge on any atom is -0.379 e. The zero-order valence-electron chi connectivity index (χ0n) is 21.7. The standard InChI is InChI=1S/C28H39N5O3/c1-3-21-9-11-22(12-10-21)24-19-25-26(34)32(14-13-31-15-17-36-18-16-31)28(2,20-33(25)30-24)27(35)29-23-7-5-4-6-8-23/h9-12,19,23H,3-8,13-18,20H2,1-2H3,(H,29,35). The second-order valence-corrected chi connectivity index (χ2v) is 10.6. The van der Waals surface area contributed by atoms with Gasteiger partial charge >= 0.3 is 0 Å². The van der Waals surface area contributed by atoms with Crippen LogP contribution in [0, 0.1) is 0 Å². The Morgan fingerprint density at radius 3 is 2.53 bits per heavy atom. The van der Waals surface area contributed by atoms with E-state index in [0.717, 1.165) is 63.0 Å². The lowest BCUT2D eigenvalue weighted by Gasteiger charge is -2.44. The van der Waals surface area contributed by atoms with Crippen molar-refractivity contribution in [1.29, 1.82) is 0 Å². The molecule has 0 radical (unpaired) electrons. The molecule has 2 fully saturated rings. The lowest BCUT2D eigenvalue weighted by molar-refractivity contribution is -0.134. The van der Waals surface area contributed by atoms with Crippen LogP contribution in [0.5, 0.6) is 0 Å². The first kappa shape index (κ1) is 25.0. The van der Waals surface area contributed by atoms with Crippen molar-refractivity contribution in [3.63, 3.8) is 0 Å². The van der Waals surface area contributed by atoms with Crippen LogP contribution in [0.15, 0.2) is 30.3 Å². The maximum Gasteiger partial charge on any atom is 0.273 e. The van der Waals surface area contributed by atoms with Gasteiger partial charge in [0.25, 0.3) is 5.91 Å². The Morgan fingerprint density at radius 1 is 1.11 bits per heavy atom. The number of hydrogen-bond acceptors (Lipinski definition) is 5. The number of nitrogens with zero attached hydrogens (tertiary/aromatic N) is 4. The molecule has 1 aliphatic carbocycles. The minimum absolute atomic E-state index is 0.0697. The summed E-state index contributed by atoms with van der Waals surface area (Å²) in [4.78, 5) is 31.8. The van der Waals surface area contributed by atoms with Gasteiger partial charge in [0, 0.05) is 37.8 Å². The topological polar surface area (TPSA) is 79.7 Å². The SMILES string of the molecule is CCc1ccc(-c2cc3n(n2)CC(C)(C(=O)NC2CCCCC2)N(CCN2CCOCC2)C3=O)cc1. The molecule has 8 nitrogen and oxygen atoms in total. The number of carbonyl (C=O) groups is 2. The van der Waals surface area contributed by atoms with Crippen LogP contribution >= 0.6 is 0 Å². The Labute approximate surface area is 214 Å². The molecule has 36 heavy (non-hydrogen) atoms. The Morgan fingerprint density at radius 2 is 1.83 bits per heavy atom. The number of aromatic nitrogens is 2. The average Bonchev–Trinajstić information content (AvgIpc) is 3.33. The molecule has 1 aromatic carbocycles. The molecule has 1 atom stereocenters. The van der Waals surface area contributed by atoms with Crippen LogP contribution in [-0.4, -0.2) is 82.4 Å². The first-order valence-corrected chi connectivity index (χ1v) is 13.6. The molecule has 0 bridgehead atoms. The molecule has 8 heteroatoms. The van der Waals surface area contributed by atoms with E-state index in [1.807, 2.05) is 13.0 Å². The van der Waals surface area contributed by atoms with Crippen LogP contribution in [0.2, 0.25) is 0 Å². The Balaban J connectivity index is 1.42. The number of aryl methyl sites for hydroxylation is 1. The quantitative estimate of drug-likeness (QED) is 0.641. The van der Waals surface area contributed by atoms with E-state index in [1.54, 1.807) is 9.58 Å². The summed E-state index contributed by atoms with van der Waals surface area (Å²) in [5, 5.41) is 8.09. The summed E-state index contributed by atoms with van der Waals surface area (Å²) in [6, 6.07) is 10.4. The lowest BCUT2D eigenvalue weighted by Crippen LogP contribution is -2.66. The number of fused-ring (bicyclic) bond motifs is 1. The van der Waals surface area contributed by atoms with Crippen molar-refractivity contribution >= 4 is 11.8 Å². The Bertz CT molecular complexity index is 1070. The van der Waals surface area contributed by atoms with Crippen LogP contribution in [-0.2, 0) is 22.5 Å². The van der Waals surface area contributed by atoms with Gasteiger partial charge in [-0.1, -0.05) is 50.5 Å². The van der Waals surface area contributed by atoms with Gasteiger partial charge in [-0.05, 0) is 37.8 Å². The highest BCUT2D eigenvalue weighted by Gasteiger charge is 2.48. The van der Waals surface area contributed by atoms with Crippen molar-refractivity contribution < 1.29 is 14.3 Å². The van der Waals surface area contributed by atoms with Gasteiger partial charge in [0.1, 0.15) is 11.2 Å². The number of hydrogen-bond donors (Lipinski definition) is 1. The molecular formula is C28H39N5O3. The predicted molar refractivity (Wildman–Crippen MR) is 139 cm³/mol. The molecule has 3 heterocycles. The first-order valence-electron chi connectivity index (χ1n) is 13.6. The van der Waals surface area contributed by atoms with Gasteiger partial charge < -0.3 is 15.0 Å². The molecule has 194 valence electrons. The molecule has 2 aliphatic heterocycles. The molecule has 2 amide bonds. The summed E-state index contributed by atoms with van der Waals surface area (Å²) < 4.78 is 7.23. The monoisotopic (exact) mass is 493 g/mol. The molecular weight excluding hydrogens is 454 g/mol. The van der Waals surface area contributed by atoms with Gasteiger partial charge in [-0.2, -0.15) is 5.10 Å². The molecule has 2 aromatic rings. The number of rotatable bonds is 7. The summed E-state index contributed by atoms with van der Waals surface area (Å²) in [5.41, 5.74) is 2.57. The molecule has 1 saturated carbocycles. The fraction of sp³-hybridized carbons (Fsp3) is 0.607. The third-order valence-electron chi connectivity index (χ3n) is 8.13. The number of nitrogens with one attached hydrogen (secondary N) is 1. The first-order chi connectivity index (χ1) is 17.5. The third kappa shape index (κ3) is 5.06. The van der Waals surface area contributed by atoms with Crippen LogP contribution in [0.4, 0.5) is 0 Å². The van der Waals surface area contributed by atoms with Crippen LogP contribution in [0.3, 0.4) is 0 Å². The number of amides is 2. The molecule has 5 rings (SSSR count). The van der Waals surface area contributed by atoms with Crippen molar-refractivity contribution in [3.05, 3.63) is 41.6 Å². The van der Waals surface area contributed by atoms with E-state index < -0.39 is 5.54 Å². The average molecular weight is 494 g/mol. The van der Waals surface area contributed by atoms with Crippen molar-refractivity contribution in [3.8, 4) is 11.3 Å². The minimum atomic E-state index is -0.997. The fourth-order valence-electron chi connectivity index (χ4n) is 5.70. The number of morpholine rings is 1. The second kappa shape index (κ2) is 10.7. The molecule has 3 aliphatic rings. The Kier molecular flexibility index (Phi) is 7.44. The van der Waals surface area contributed by atoms with Gasteiger partial charge in [-0.3, -0.25) is 19.2 Å². The number of benzene rings is 1. The van der Waals surface area contributed by atoms with Gasteiger partial charge in [0.15, 0.2) is 0 Å². The van der Waals surface area contributed by atoms with E-state index in [9.17, 15) is 9.59 Å². The van der Waals surface area contributed by atoms with E-state index >= 15 is 0 Å². The normalized spacial score (nSPS) is 23.5. The zero-order chi connectivity index (χ0) is 25.1. The molecule has 1 aromatic heterocycles. The van der Waals surface area contributed by atoms with E-state index in [0.29, 0.717) is 32.0 Å². The largest absolute Gasteiger partial charge is 0.379 e. The highest BCUT2D eigenvalue weighted by Crippen LogP contribution is 2.31. The highest BCUT2D eigenvalue weighted by atomic mass is 16.5. The van der Waals surface area contributed by atoms with E-state index in [4.69, 9.17) is 9.84 Å². The van der Waals surface area contributed by atoms with Crippen molar-refractivity contribution in [2.75, 3.05) is 39.4 Å². The van der Waals surface area contributed by atoms with Crippen LogP contribution in [0.1, 0.15) is 62.0 Å². The van der Waals surface area contributed by atoms with E-state index in [1.165, 1.54) is 12.0 Å². The molecule has 1 unspecified atom stereocenters. The summed E-state index contributed by atoms with van der Waals surface area (Å²) in [7, 11) is 0.